The van der Waals surface area contributed by atoms with Crippen LogP contribution in [0.15, 0.2) is 42.9 Å². The quantitative estimate of drug-likeness (QED) is 0.735. The lowest BCUT2D eigenvalue weighted by molar-refractivity contribution is 0.789. The van der Waals surface area contributed by atoms with Gasteiger partial charge >= 0.3 is 0 Å². The molecule has 2 aromatic heterocycles. The lowest BCUT2D eigenvalue weighted by atomic mass is 10.1. The summed E-state index contributed by atoms with van der Waals surface area (Å²) in [5.74, 6) is 0. The number of hydrogen-bond acceptors (Lipinski definition) is 5. The molecule has 102 valence electrons. The van der Waals surface area contributed by atoms with Crippen molar-refractivity contribution in [2.24, 2.45) is 0 Å². The monoisotopic (exact) mass is 308 g/mol. The highest BCUT2D eigenvalue weighted by molar-refractivity contribution is 6.32. The van der Waals surface area contributed by atoms with Gasteiger partial charge in [0.1, 0.15) is 6.33 Å². The molecule has 0 aliphatic heterocycles. The third-order valence-electron chi connectivity index (χ3n) is 2.66. The number of benzene rings is 1. The van der Waals surface area contributed by atoms with Crippen LogP contribution in [0.25, 0.3) is 16.9 Å². The largest absolute Gasteiger partial charge is 0.398 e. The Kier molecular flexibility index (Phi) is 4.16. The van der Waals surface area contributed by atoms with Crippen LogP contribution in [0.4, 0.5) is 5.69 Å². The predicted octanol–water partition coefficient (Wildman–Crippen LogP) is 2.38. The molecule has 6 nitrogen and oxygen atoms in total. The molecule has 1 aromatic carbocycles. The van der Waals surface area contributed by atoms with E-state index >= 15 is 0 Å². The number of rotatable bonds is 2. The molecule has 2 heterocycles. The van der Waals surface area contributed by atoms with Crippen molar-refractivity contribution >= 4 is 29.7 Å². The molecule has 0 fully saturated rings. The second kappa shape index (κ2) is 5.85. The van der Waals surface area contributed by atoms with E-state index in [4.69, 9.17) is 17.3 Å². The number of nitrogens with two attached hydrogens (primary N) is 1. The maximum atomic E-state index is 6.24. The van der Waals surface area contributed by atoms with Crippen molar-refractivity contribution in [3.05, 3.63) is 47.9 Å². The average molecular weight is 309 g/mol. The summed E-state index contributed by atoms with van der Waals surface area (Å²) < 4.78 is 1.46. The van der Waals surface area contributed by atoms with Crippen LogP contribution in [0.1, 0.15) is 0 Å². The number of pyridine rings is 1. The molecule has 0 aliphatic rings. The predicted molar refractivity (Wildman–Crippen MR) is 79.1 cm³/mol. The van der Waals surface area contributed by atoms with Gasteiger partial charge in [0.25, 0.3) is 0 Å². The molecule has 0 aliphatic carbocycles. The van der Waals surface area contributed by atoms with E-state index in [0.717, 1.165) is 11.3 Å². The van der Waals surface area contributed by atoms with Crippen molar-refractivity contribution in [2.45, 2.75) is 0 Å². The number of halogens is 2. The Morgan fingerprint density at radius 1 is 1.20 bits per heavy atom. The van der Waals surface area contributed by atoms with Crippen LogP contribution >= 0.6 is 24.0 Å². The van der Waals surface area contributed by atoms with Gasteiger partial charge in [-0.3, -0.25) is 4.98 Å². The van der Waals surface area contributed by atoms with Crippen LogP contribution in [0.3, 0.4) is 0 Å². The minimum Gasteiger partial charge on any atom is -0.398 e. The minimum atomic E-state index is 0. The fourth-order valence-electron chi connectivity index (χ4n) is 1.77. The molecule has 0 atom stereocenters. The van der Waals surface area contributed by atoms with Crippen molar-refractivity contribution in [3.63, 3.8) is 0 Å². The number of nitrogen functional groups attached to an aromatic ring is 1. The molecule has 8 heteroatoms. The second-order valence-corrected chi connectivity index (χ2v) is 4.27. The molecular weight excluding hydrogens is 299 g/mol. The van der Waals surface area contributed by atoms with E-state index in [9.17, 15) is 0 Å². The lowest BCUT2D eigenvalue weighted by Gasteiger charge is -2.09. The maximum absolute atomic E-state index is 6.24. The summed E-state index contributed by atoms with van der Waals surface area (Å²) in [5, 5.41) is 11.4. The molecule has 20 heavy (non-hydrogen) atoms. The fourth-order valence-corrected chi connectivity index (χ4v) is 2.02. The Balaban J connectivity index is 0.00000147. The van der Waals surface area contributed by atoms with Gasteiger partial charge in [0, 0.05) is 17.4 Å². The highest BCUT2D eigenvalue weighted by Gasteiger charge is 2.11. The normalized spacial score (nSPS) is 10.1. The van der Waals surface area contributed by atoms with Crippen LogP contribution in [0.5, 0.6) is 0 Å². The summed E-state index contributed by atoms with van der Waals surface area (Å²) in [6, 6.07) is 9.10. The highest BCUT2D eigenvalue weighted by atomic mass is 35.5. The van der Waals surface area contributed by atoms with E-state index in [0.29, 0.717) is 16.4 Å². The van der Waals surface area contributed by atoms with Crippen molar-refractivity contribution in [3.8, 4) is 16.9 Å². The van der Waals surface area contributed by atoms with E-state index in [1.165, 1.54) is 11.0 Å². The first-order valence-corrected chi connectivity index (χ1v) is 5.87. The molecule has 0 saturated carbocycles. The molecule has 0 bridgehead atoms. The van der Waals surface area contributed by atoms with E-state index in [1.54, 1.807) is 18.3 Å². The van der Waals surface area contributed by atoms with Gasteiger partial charge in [-0.05, 0) is 34.7 Å². The third kappa shape index (κ3) is 2.56. The molecule has 0 radical (unpaired) electrons. The number of aromatic nitrogens is 5. The summed E-state index contributed by atoms with van der Waals surface area (Å²) in [6.45, 7) is 0. The maximum Gasteiger partial charge on any atom is 0.143 e. The second-order valence-electron chi connectivity index (χ2n) is 3.86. The van der Waals surface area contributed by atoms with Gasteiger partial charge in [0.15, 0.2) is 0 Å². The number of tetrazole rings is 1. The van der Waals surface area contributed by atoms with Crippen molar-refractivity contribution in [2.75, 3.05) is 5.73 Å². The Morgan fingerprint density at radius 3 is 2.70 bits per heavy atom. The summed E-state index contributed by atoms with van der Waals surface area (Å²) in [6.07, 6.45) is 3.17. The van der Waals surface area contributed by atoms with Gasteiger partial charge in [-0.15, -0.1) is 17.5 Å². The summed E-state index contributed by atoms with van der Waals surface area (Å²) in [5.41, 5.74) is 8.79. The standard InChI is InChI=1S/C12H9ClN6.ClH/c13-9-5-8(11-3-1-2-4-15-11)10(14)6-12(9)19-7-16-17-18-19;/h1-7H,14H2;1H. The van der Waals surface area contributed by atoms with Crippen molar-refractivity contribution < 1.29 is 0 Å². The van der Waals surface area contributed by atoms with Gasteiger partial charge in [0.2, 0.25) is 0 Å². The van der Waals surface area contributed by atoms with E-state index in [1.807, 2.05) is 18.2 Å². The zero-order valence-electron chi connectivity index (χ0n) is 10.1. The average Bonchev–Trinajstić information content (AvgIpc) is 2.96. The summed E-state index contributed by atoms with van der Waals surface area (Å²) in [4.78, 5) is 4.26. The Bertz CT molecular complexity index is 699. The molecule has 0 unspecified atom stereocenters. The van der Waals surface area contributed by atoms with Crippen LogP contribution in [-0.4, -0.2) is 25.2 Å². The first-order chi connectivity index (χ1) is 9.25. The molecule has 2 N–H and O–H groups in total. The SMILES string of the molecule is Cl.Nc1cc(-n2cnnn2)c(Cl)cc1-c1ccccn1. The smallest absolute Gasteiger partial charge is 0.143 e. The number of nitrogens with zero attached hydrogens (tertiary/aromatic N) is 5. The van der Waals surface area contributed by atoms with Crippen LogP contribution < -0.4 is 5.73 Å². The van der Waals surface area contributed by atoms with Crippen LogP contribution in [0.2, 0.25) is 5.02 Å². The summed E-state index contributed by atoms with van der Waals surface area (Å²) in [7, 11) is 0. The first kappa shape index (κ1) is 14.2. The van der Waals surface area contributed by atoms with Gasteiger partial charge in [-0.25, -0.2) is 0 Å². The zero-order chi connectivity index (χ0) is 13.2. The van der Waals surface area contributed by atoms with Crippen LogP contribution in [0, 0.1) is 0 Å². The fraction of sp³-hybridized carbons (Fsp3) is 0. The molecule has 0 amide bonds. The van der Waals surface area contributed by atoms with E-state index in [-0.39, 0.29) is 12.4 Å². The molecule has 3 rings (SSSR count). The Morgan fingerprint density at radius 2 is 2.05 bits per heavy atom. The number of hydrogen-bond donors (Lipinski definition) is 1. The molecular formula is C12H10Cl2N6. The van der Waals surface area contributed by atoms with E-state index in [2.05, 4.69) is 20.5 Å². The van der Waals surface area contributed by atoms with E-state index < -0.39 is 0 Å². The topological polar surface area (TPSA) is 82.5 Å². The minimum absolute atomic E-state index is 0. The van der Waals surface area contributed by atoms with Gasteiger partial charge in [-0.2, -0.15) is 4.68 Å². The Hall–Kier alpha value is -2.18. The Labute approximate surface area is 126 Å². The number of anilines is 1. The molecule has 3 aromatic rings. The van der Waals surface area contributed by atoms with Crippen molar-refractivity contribution in [1.29, 1.82) is 0 Å². The van der Waals surface area contributed by atoms with Crippen LogP contribution in [-0.2, 0) is 0 Å². The highest BCUT2D eigenvalue weighted by Crippen LogP contribution is 2.31. The first-order valence-electron chi connectivity index (χ1n) is 5.49. The van der Waals surface area contributed by atoms with Gasteiger partial charge in [0.05, 0.1) is 16.4 Å². The zero-order valence-corrected chi connectivity index (χ0v) is 11.7. The van der Waals surface area contributed by atoms with Gasteiger partial charge < -0.3 is 5.73 Å². The lowest BCUT2D eigenvalue weighted by Crippen LogP contribution is -2.00. The summed E-state index contributed by atoms with van der Waals surface area (Å²) >= 11 is 6.24. The third-order valence-corrected chi connectivity index (χ3v) is 2.96. The van der Waals surface area contributed by atoms with Crippen molar-refractivity contribution in [1.82, 2.24) is 25.2 Å². The molecule has 0 spiro atoms. The molecule has 0 saturated heterocycles. The van der Waals surface area contributed by atoms with Gasteiger partial charge in [-0.1, -0.05) is 17.7 Å².